The lowest BCUT2D eigenvalue weighted by molar-refractivity contribution is 0.393. The van der Waals surface area contributed by atoms with E-state index < -0.39 is 5.63 Å². The second-order valence-corrected chi connectivity index (χ2v) is 2.79. The molecule has 0 aliphatic heterocycles. The third kappa shape index (κ3) is 1.26. The topological polar surface area (TPSA) is 69.8 Å². The van der Waals surface area contributed by atoms with E-state index in [1.54, 1.807) is 0 Å². The molecule has 2 aromatic rings. The van der Waals surface area contributed by atoms with Gasteiger partial charge in [-0.1, -0.05) is 30.3 Å². The Bertz CT molecular complexity index is 496. The van der Waals surface area contributed by atoms with E-state index in [1.165, 1.54) is 0 Å². The van der Waals surface area contributed by atoms with Gasteiger partial charge in [0.25, 0.3) is 0 Å². The maximum absolute atomic E-state index is 11.1. The van der Waals surface area contributed by atoms with Crippen molar-refractivity contribution in [3.63, 3.8) is 0 Å². The maximum atomic E-state index is 11.1. The van der Waals surface area contributed by atoms with Crippen LogP contribution in [0, 0.1) is 5.41 Å². The highest BCUT2D eigenvalue weighted by Crippen LogP contribution is 2.17. The van der Waals surface area contributed by atoms with E-state index in [2.05, 4.69) is 9.68 Å². The molecule has 70 valence electrons. The van der Waals surface area contributed by atoms with Gasteiger partial charge in [-0.2, -0.15) is 0 Å². The number of H-pyrrole nitrogens is 1. The van der Waals surface area contributed by atoms with Gasteiger partial charge in [0, 0.05) is 11.8 Å². The first-order valence-electron chi connectivity index (χ1n) is 4.10. The lowest BCUT2D eigenvalue weighted by atomic mass is 10.1. The van der Waals surface area contributed by atoms with Gasteiger partial charge < -0.3 is 9.93 Å². The molecule has 1 heterocycles. The zero-order valence-corrected chi connectivity index (χ0v) is 7.28. The van der Waals surface area contributed by atoms with Crippen molar-refractivity contribution in [3.8, 4) is 11.3 Å². The number of rotatable bonds is 2. The third-order valence-electron chi connectivity index (χ3n) is 1.94. The Balaban J connectivity index is 2.63. The summed E-state index contributed by atoms with van der Waals surface area (Å²) in [6.07, 6.45) is 0.991. The molecule has 4 heteroatoms. The van der Waals surface area contributed by atoms with E-state index in [1.807, 2.05) is 30.3 Å². The van der Waals surface area contributed by atoms with Gasteiger partial charge in [-0.25, -0.2) is 9.95 Å². The average molecular weight is 188 g/mol. The Morgan fingerprint density at radius 1 is 1.29 bits per heavy atom. The minimum absolute atomic E-state index is 0.246. The average Bonchev–Trinajstić information content (AvgIpc) is 2.61. The first-order valence-corrected chi connectivity index (χ1v) is 4.10. The molecule has 0 aliphatic carbocycles. The van der Waals surface area contributed by atoms with E-state index in [-0.39, 0.29) is 5.56 Å². The summed E-state index contributed by atoms with van der Waals surface area (Å²) < 4.78 is 4.61. The second kappa shape index (κ2) is 3.33. The molecule has 0 spiro atoms. The van der Waals surface area contributed by atoms with Crippen LogP contribution in [-0.2, 0) is 0 Å². The molecule has 0 saturated heterocycles. The van der Waals surface area contributed by atoms with E-state index in [4.69, 9.17) is 5.41 Å². The molecule has 0 amide bonds. The van der Waals surface area contributed by atoms with Crippen LogP contribution in [0.25, 0.3) is 11.3 Å². The summed E-state index contributed by atoms with van der Waals surface area (Å²) in [5, 5.41) is 9.59. The van der Waals surface area contributed by atoms with Crippen LogP contribution >= 0.6 is 0 Å². The monoisotopic (exact) mass is 188 g/mol. The Labute approximate surface area is 79.7 Å². The third-order valence-corrected chi connectivity index (χ3v) is 1.94. The van der Waals surface area contributed by atoms with Crippen molar-refractivity contribution in [2.75, 3.05) is 0 Å². The molecule has 1 aromatic heterocycles. The zero-order valence-electron chi connectivity index (χ0n) is 7.28. The van der Waals surface area contributed by atoms with Crippen LogP contribution < -0.4 is 5.63 Å². The molecule has 2 rings (SSSR count). The fraction of sp³-hybridized carbons (Fsp3) is 0. The van der Waals surface area contributed by atoms with Crippen molar-refractivity contribution < 1.29 is 4.52 Å². The van der Waals surface area contributed by atoms with E-state index in [0.717, 1.165) is 11.8 Å². The highest BCUT2D eigenvalue weighted by molar-refractivity contribution is 5.86. The predicted molar refractivity (Wildman–Crippen MR) is 52.7 cm³/mol. The van der Waals surface area contributed by atoms with Crippen LogP contribution in [0.3, 0.4) is 0 Å². The van der Waals surface area contributed by atoms with Crippen LogP contribution in [0.15, 0.2) is 39.6 Å². The van der Waals surface area contributed by atoms with Gasteiger partial charge in [0.15, 0.2) is 0 Å². The minimum Gasteiger partial charge on any atom is -0.338 e. The summed E-state index contributed by atoms with van der Waals surface area (Å²) in [7, 11) is 0. The number of nitrogens with one attached hydrogen (secondary N) is 2. The molecule has 2 N–H and O–H groups in total. The van der Waals surface area contributed by atoms with Gasteiger partial charge in [0.2, 0.25) is 0 Å². The van der Waals surface area contributed by atoms with Crippen molar-refractivity contribution in [2.45, 2.75) is 0 Å². The van der Waals surface area contributed by atoms with Crippen molar-refractivity contribution in [1.29, 1.82) is 5.41 Å². The Kier molecular flexibility index (Phi) is 2.02. The van der Waals surface area contributed by atoms with Gasteiger partial charge in [-0.15, -0.1) is 0 Å². The van der Waals surface area contributed by atoms with Crippen LogP contribution in [0.2, 0.25) is 0 Å². The molecule has 1 aromatic carbocycles. The molecule has 0 atom stereocenters. The normalized spacial score (nSPS) is 10.0. The Morgan fingerprint density at radius 2 is 2.00 bits per heavy atom. The van der Waals surface area contributed by atoms with Crippen molar-refractivity contribution in [3.05, 3.63) is 46.3 Å². The maximum Gasteiger partial charge on any atom is 0.366 e. The molecule has 0 fully saturated rings. The molecule has 0 bridgehead atoms. The summed E-state index contributed by atoms with van der Waals surface area (Å²) >= 11 is 0. The van der Waals surface area contributed by atoms with Crippen LogP contribution in [-0.4, -0.2) is 11.4 Å². The lowest BCUT2D eigenvalue weighted by Gasteiger charge is -1.95. The van der Waals surface area contributed by atoms with Crippen molar-refractivity contribution in [2.24, 2.45) is 0 Å². The van der Waals surface area contributed by atoms with Crippen molar-refractivity contribution in [1.82, 2.24) is 5.16 Å². The summed E-state index contributed by atoms with van der Waals surface area (Å²) in [5.41, 5.74) is 1.11. The van der Waals surface area contributed by atoms with Crippen molar-refractivity contribution >= 4 is 6.21 Å². The van der Waals surface area contributed by atoms with Crippen LogP contribution in [0.1, 0.15) is 5.56 Å². The fourth-order valence-electron chi connectivity index (χ4n) is 1.26. The lowest BCUT2D eigenvalue weighted by Crippen LogP contribution is -2.00. The number of benzene rings is 1. The van der Waals surface area contributed by atoms with Gasteiger partial charge >= 0.3 is 5.63 Å². The standard InChI is InChI=1S/C10H8N2O2/c11-6-8-9(12-14-10(8)13)7-4-2-1-3-5-7/h1-6,11-12H. The number of aromatic nitrogens is 1. The van der Waals surface area contributed by atoms with E-state index in [9.17, 15) is 4.79 Å². The second-order valence-electron chi connectivity index (χ2n) is 2.79. The number of hydrogen-bond acceptors (Lipinski definition) is 3. The largest absolute Gasteiger partial charge is 0.366 e. The quantitative estimate of drug-likeness (QED) is 0.703. The molecular formula is C10H8N2O2. The first-order chi connectivity index (χ1) is 6.83. The predicted octanol–water partition coefficient (Wildman–Crippen LogP) is 1.63. The molecule has 0 unspecified atom stereocenters. The first kappa shape index (κ1) is 8.50. The molecule has 0 aliphatic rings. The highest BCUT2D eigenvalue weighted by Gasteiger charge is 2.10. The molecular weight excluding hydrogens is 180 g/mol. The van der Waals surface area contributed by atoms with E-state index >= 15 is 0 Å². The SMILES string of the molecule is N=Cc1c(-c2ccccc2)[nH]oc1=O. The summed E-state index contributed by atoms with van der Waals surface area (Å²) in [4.78, 5) is 11.1. The van der Waals surface area contributed by atoms with Gasteiger partial charge in [0.05, 0.1) is 5.69 Å². The van der Waals surface area contributed by atoms with Crippen LogP contribution in [0.5, 0.6) is 0 Å². The zero-order chi connectivity index (χ0) is 9.97. The smallest absolute Gasteiger partial charge is 0.338 e. The summed E-state index contributed by atoms with van der Waals surface area (Å²) in [6.45, 7) is 0. The Morgan fingerprint density at radius 3 is 2.64 bits per heavy atom. The molecule has 4 nitrogen and oxygen atoms in total. The number of hydrogen-bond donors (Lipinski definition) is 2. The summed E-state index contributed by atoms with van der Waals surface area (Å²) in [5.74, 6) is 0. The van der Waals surface area contributed by atoms with Gasteiger partial charge in [-0.3, -0.25) is 0 Å². The number of aromatic amines is 1. The van der Waals surface area contributed by atoms with Crippen LogP contribution in [0.4, 0.5) is 0 Å². The van der Waals surface area contributed by atoms with Gasteiger partial charge in [-0.05, 0) is 0 Å². The summed E-state index contributed by atoms with van der Waals surface area (Å²) in [6, 6.07) is 9.27. The molecule has 0 radical (unpaired) electrons. The fourth-order valence-corrected chi connectivity index (χ4v) is 1.26. The molecule has 0 saturated carbocycles. The minimum atomic E-state index is -0.515. The molecule has 14 heavy (non-hydrogen) atoms. The highest BCUT2D eigenvalue weighted by atomic mass is 16.5. The van der Waals surface area contributed by atoms with E-state index in [0.29, 0.717) is 5.69 Å². The Hall–Kier alpha value is -2.10. The van der Waals surface area contributed by atoms with Gasteiger partial charge in [0.1, 0.15) is 5.56 Å².